The summed E-state index contributed by atoms with van der Waals surface area (Å²) in [4.78, 5) is 41.2. The molecule has 9 heteroatoms. The zero-order valence-corrected chi connectivity index (χ0v) is 19.5. The number of benzene rings is 1. The Labute approximate surface area is 188 Å². The van der Waals surface area contributed by atoms with Crippen LogP contribution in [0.3, 0.4) is 0 Å². The standard InChI is InChI=1S/C23H32N2O7/c1-7-10-23(22(28)32-9-3)17-16(20(26)25(8-2)21(17)27)18(24-23)13-11-14(29-4)19(31-6)15(12-13)30-5/h11-12,16-18,24H,7-10H2,1-6H3/t16-,17+,18-,23+/m1/s1. The first kappa shape index (κ1) is 23.8. The SMILES string of the molecule is CCC[C@]1(C(=O)OCC)N[C@H](c2cc(OC)c(OC)c(OC)c2)[C@@H]2C(=O)N(CC)C(=O)[C@H]21. The fraction of sp³-hybridized carbons (Fsp3) is 0.609. The summed E-state index contributed by atoms with van der Waals surface area (Å²) in [5.41, 5.74) is -0.632. The maximum Gasteiger partial charge on any atom is 0.327 e. The van der Waals surface area contributed by atoms with Crippen molar-refractivity contribution in [3.05, 3.63) is 17.7 Å². The summed E-state index contributed by atoms with van der Waals surface area (Å²) >= 11 is 0. The van der Waals surface area contributed by atoms with Gasteiger partial charge in [0.2, 0.25) is 17.6 Å². The highest BCUT2D eigenvalue weighted by molar-refractivity contribution is 6.09. The highest BCUT2D eigenvalue weighted by Gasteiger charge is 2.68. The van der Waals surface area contributed by atoms with Crippen LogP contribution in [0.2, 0.25) is 0 Å². The molecule has 0 radical (unpaired) electrons. The Kier molecular flexibility index (Phi) is 6.97. The predicted octanol–water partition coefficient (Wildman–Crippen LogP) is 2.08. The van der Waals surface area contributed by atoms with Crippen molar-refractivity contribution in [3.63, 3.8) is 0 Å². The van der Waals surface area contributed by atoms with Gasteiger partial charge in [-0.05, 0) is 38.0 Å². The first-order valence-corrected chi connectivity index (χ1v) is 10.9. The molecule has 2 fully saturated rings. The van der Waals surface area contributed by atoms with Crippen LogP contribution in [0.5, 0.6) is 17.2 Å². The Morgan fingerprint density at radius 3 is 2.12 bits per heavy atom. The van der Waals surface area contributed by atoms with E-state index in [0.29, 0.717) is 35.7 Å². The number of carbonyl (C=O) groups is 3. The summed E-state index contributed by atoms with van der Waals surface area (Å²) in [5.74, 6) is -1.47. The van der Waals surface area contributed by atoms with Crippen LogP contribution in [-0.2, 0) is 19.1 Å². The fourth-order valence-electron chi connectivity index (χ4n) is 5.12. The molecule has 0 aliphatic carbocycles. The van der Waals surface area contributed by atoms with Gasteiger partial charge in [0.05, 0.1) is 39.8 Å². The number of fused-ring (bicyclic) bond motifs is 1. The molecule has 9 nitrogen and oxygen atoms in total. The summed E-state index contributed by atoms with van der Waals surface area (Å²) in [7, 11) is 4.53. The van der Waals surface area contributed by atoms with Crippen molar-refractivity contribution < 1.29 is 33.3 Å². The number of ether oxygens (including phenoxy) is 4. The van der Waals surface area contributed by atoms with Crippen LogP contribution in [0, 0.1) is 11.8 Å². The van der Waals surface area contributed by atoms with Crippen LogP contribution in [-0.4, -0.2) is 62.7 Å². The number of nitrogens with zero attached hydrogens (tertiary/aromatic N) is 1. The second-order valence-corrected chi connectivity index (χ2v) is 7.95. The summed E-state index contributed by atoms with van der Waals surface area (Å²) in [6.45, 7) is 5.84. The molecule has 0 spiro atoms. The van der Waals surface area contributed by atoms with E-state index < -0.39 is 29.4 Å². The lowest BCUT2D eigenvalue weighted by molar-refractivity contribution is -0.156. The van der Waals surface area contributed by atoms with Crippen molar-refractivity contribution in [2.24, 2.45) is 11.8 Å². The number of esters is 1. The van der Waals surface area contributed by atoms with Gasteiger partial charge in [-0.25, -0.2) is 0 Å². The number of methoxy groups -OCH3 is 3. The van der Waals surface area contributed by atoms with Crippen LogP contribution in [0.4, 0.5) is 0 Å². The van der Waals surface area contributed by atoms with Crippen molar-refractivity contribution in [2.75, 3.05) is 34.5 Å². The predicted molar refractivity (Wildman–Crippen MR) is 116 cm³/mol. The van der Waals surface area contributed by atoms with E-state index in [4.69, 9.17) is 18.9 Å². The molecule has 0 saturated carbocycles. The monoisotopic (exact) mass is 448 g/mol. The van der Waals surface area contributed by atoms with E-state index in [-0.39, 0.29) is 25.0 Å². The molecule has 1 N–H and O–H groups in total. The van der Waals surface area contributed by atoms with Gasteiger partial charge in [0.1, 0.15) is 5.54 Å². The van der Waals surface area contributed by atoms with E-state index >= 15 is 0 Å². The van der Waals surface area contributed by atoms with Crippen LogP contribution in [0.15, 0.2) is 12.1 Å². The molecule has 2 aliphatic rings. The van der Waals surface area contributed by atoms with Gasteiger partial charge in [-0.15, -0.1) is 0 Å². The molecule has 3 rings (SSSR count). The fourth-order valence-corrected chi connectivity index (χ4v) is 5.12. The maximum absolute atomic E-state index is 13.3. The van der Waals surface area contributed by atoms with Crippen molar-refractivity contribution in [1.29, 1.82) is 0 Å². The van der Waals surface area contributed by atoms with Gasteiger partial charge in [0.25, 0.3) is 0 Å². The number of hydrogen-bond donors (Lipinski definition) is 1. The molecule has 2 heterocycles. The largest absolute Gasteiger partial charge is 0.493 e. The molecule has 32 heavy (non-hydrogen) atoms. The maximum atomic E-state index is 13.3. The van der Waals surface area contributed by atoms with E-state index in [1.54, 1.807) is 26.0 Å². The van der Waals surface area contributed by atoms with E-state index in [0.717, 1.165) is 0 Å². The highest BCUT2D eigenvalue weighted by Crippen LogP contribution is 2.52. The molecule has 0 bridgehead atoms. The van der Waals surface area contributed by atoms with Gasteiger partial charge in [-0.2, -0.15) is 0 Å². The van der Waals surface area contributed by atoms with Crippen LogP contribution in [0.25, 0.3) is 0 Å². The number of rotatable bonds is 9. The molecule has 2 saturated heterocycles. The first-order valence-electron chi connectivity index (χ1n) is 10.9. The average Bonchev–Trinajstić information content (AvgIpc) is 3.27. The Hall–Kier alpha value is -2.81. The van der Waals surface area contributed by atoms with E-state index in [1.165, 1.54) is 26.2 Å². The number of nitrogens with one attached hydrogen (secondary N) is 1. The first-order chi connectivity index (χ1) is 15.3. The van der Waals surface area contributed by atoms with E-state index in [2.05, 4.69) is 5.32 Å². The third kappa shape index (κ3) is 3.48. The van der Waals surface area contributed by atoms with Crippen molar-refractivity contribution in [2.45, 2.75) is 45.2 Å². The van der Waals surface area contributed by atoms with Gasteiger partial charge in [0.15, 0.2) is 11.5 Å². The molecule has 0 unspecified atom stereocenters. The summed E-state index contributed by atoms with van der Waals surface area (Å²) in [5, 5.41) is 3.36. The van der Waals surface area contributed by atoms with Crippen LogP contribution < -0.4 is 19.5 Å². The summed E-state index contributed by atoms with van der Waals surface area (Å²) in [6, 6.07) is 2.88. The normalized spacial score (nSPS) is 26.8. The lowest BCUT2D eigenvalue weighted by Crippen LogP contribution is -2.56. The van der Waals surface area contributed by atoms with Gasteiger partial charge >= 0.3 is 5.97 Å². The zero-order chi connectivity index (χ0) is 23.6. The summed E-state index contributed by atoms with van der Waals surface area (Å²) < 4.78 is 21.8. The van der Waals surface area contributed by atoms with E-state index in [1.807, 2.05) is 6.92 Å². The average molecular weight is 449 g/mol. The number of imide groups is 1. The Bertz CT molecular complexity index is 877. The van der Waals surface area contributed by atoms with Crippen molar-refractivity contribution >= 4 is 17.8 Å². The van der Waals surface area contributed by atoms with Crippen LogP contribution in [0.1, 0.15) is 45.2 Å². The molecule has 0 aromatic heterocycles. The highest BCUT2D eigenvalue weighted by atomic mass is 16.5. The number of amides is 2. The second-order valence-electron chi connectivity index (χ2n) is 7.95. The topological polar surface area (TPSA) is 103 Å². The minimum Gasteiger partial charge on any atom is -0.493 e. The van der Waals surface area contributed by atoms with E-state index in [9.17, 15) is 14.4 Å². The molecular weight excluding hydrogens is 416 g/mol. The minimum absolute atomic E-state index is 0.178. The Morgan fingerprint density at radius 2 is 1.66 bits per heavy atom. The zero-order valence-electron chi connectivity index (χ0n) is 19.5. The summed E-state index contributed by atoms with van der Waals surface area (Å²) in [6.07, 6.45) is 0.995. The van der Waals surface area contributed by atoms with Gasteiger partial charge in [-0.1, -0.05) is 13.3 Å². The second kappa shape index (κ2) is 9.36. The molecular formula is C23H32N2O7. The van der Waals surface area contributed by atoms with Gasteiger partial charge < -0.3 is 18.9 Å². The quantitative estimate of drug-likeness (QED) is 0.452. The van der Waals surface area contributed by atoms with Crippen molar-refractivity contribution in [1.82, 2.24) is 10.2 Å². The third-order valence-electron chi connectivity index (χ3n) is 6.39. The van der Waals surface area contributed by atoms with Crippen molar-refractivity contribution in [3.8, 4) is 17.2 Å². The molecule has 176 valence electrons. The number of hydrogen-bond acceptors (Lipinski definition) is 8. The minimum atomic E-state index is -1.29. The Balaban J connectivity index is 2.20. The third-order valence-corrected chi connectivity index (χ3v) is 6.39. The molecule has 1 aromatic carbocycles. The molecule has 2 aliphatic heterocycles. The molecule has 1 aromatic rings. The molecule has 2 amide bonds. The Morgan fingerprint density at radius 1 is 1.03 bits per heavy atom. The van der Waals surface area contributed by atoms with Gasteiger partial charge in [-0.3, -0.25) is 24.6 Å². The lowest BCUT2D eigenvalue weighted by atomic mass is 9.77. The number of likely N-dealkylation sites (tertiary alicyclic amines) is 1. The lowest BCUT2D eigenvalue weighted by Gasteiger charge is -2.32. The van der Waals surface area contributed by atoms with Crippen LogP contribution >= 0.6 is 0 Å². The molecule has 4 atom stereocenters. The smallest absolute Gasteiger partial charge is 0.327 e. The number of carbonyl (C=O) groups excluding carboxylic acids is 3. The van der Waals surface area contributed by atoms with Gasteiger partial charge in [0, 0.05) is 12.6 Å².